The van der Waals surface area contributed by atoms with Crippen LogP contribution in [0.5, 0.6) is 6.01 Å². The molecule has 2 aliphatic heterocycles. The Morgan fingerprint density at radius 3 is 2.75 bits per heavy atom. The van der Waals surface area contributed by atoms with Crippen LogP contribution < -0.4 is 10.3 Å². The lowest BCUT2D eigenvalue weighted by molar-refractivity contribution is -0.191. The van der Waals surface area contributed by atoms with Gasteiger partial charge in [-0.15, -0.1) is 0 Å². The van der Waals surface area contributed by atoms with Crippen LogP contribution in [0.1, 0.15) is 43.5 Å². The van der Waals surface area contributed by atoms with Crippen molar-refractivity contribution < 1.29 is 19.3 Å². The van der Waals surface area contributed by atoms with Gasteiger partial charge in [0.05, 0.1) is 12.2 Å². The zero-order valence-electron chi connectivity index (χ0n) is 16.0. The molecule has 148 valence electrons. The number of hydrogen-bond donors (Lipinski definition) is 1. The maximum atomic E-state index is 11.9. The number of ether oxygens (including phenoxy) is 3. The van der Waals surface area contributed by atoms with Crippen LogP contribution in [0.3, 0.4) is 0 Å². The number of fused-ring (bicyclic) bond motifs is 3. The Morgan fingerprint density at radius 2 is 2.07 bits per heavy atom. The normalized spacial score (nSPS) is 31.9. The third kappa shape index (κ3) is 2.46. The molecule has 3 heterocycles. The number of hydrogen-bond acceptors (Lipinski definition) is 6. The van der Waals surface area contributed by atoms with E-state index < -0.39 is 29.6 Å². The Bertz CT molecular complexity index is 955. The maximum Gasteiger partial charge on any atom is 0.302 e. The van der Waals surface area contributed by atoms with E-state index in [4.69, 9.17) is 14.2 Å². The van der Waals surface area contributed by atoms with E-state index in [9.17, 15) is 9.90 Å². The lowest BCUT2D eigenvalue weighted by atomic mass is 9.84. The quantitative estimate of drug-likeness (QED) is 0.850. The Balaban J connectivity index is 1.51. The molecule has 0 spiro atoms. The molecule has 5 rings (SSSR count). The van der Waals surface area contributed by atoms with Gasteiger partial charge in [-0.1, -0.05) is 37.3 Å². The molecule has 1 aliphatic carbocycles. The summed E-state index contributed by atoms with van der Waals surface area (Å²) in [5, 5.41) is 11.1. The molecule has 7 heteroatoms. The van der Waals surface area contributed by atoms with E-state index in [0.717, 1.165) is 5.56 Å². The van der Waals surface area contributed by atoms with Crippen LogP contribution in [0.25, 0.3) is 0 Å². The summed E-state index contributed by atoms with van der Waals surface area (Å²) in [6, 6.07) is 10.1. The van der Waals surface area contributed by atoms with Crippen molar-refractivity contribution in [3.63, 3.8) is 0 Å². The Labute approximate surface area is 162 Å². The van der Waals surface area contributed by atoms with Crippen LogP contribution in [0.2, 0.25) is 0 Å². The number of aromatic nitrogens is 2. The van der Waals surface area contributed by atoms with Gasteiger partial charge in [-0.25, -0.2) is 0 Å². The number of aryl methyl sites for hydroxylation is 1. The first-order chi connectivity index (χ1) is 13.5. The van der Waals surface area contributed by atoms with Crippen LogP contribution in [-0.4, -0.2) is 38.1 Å². The molecule has 0 amide bonds. The first-order valence-electron chi connectivity index (χ1n) is 9.80. The molecule has 1 saturated carbocycles. The largest absolute Gasteiger partial charge is 0.453 e. The van der Waals surface area contributed by atoms with Crippen LogP contribution >= 0.6 is 0 Å². The Kier molecular flexibility index (Phi) is 3.91. The van der Waals surface area contributed by atoms with Gasteiger partial charge in [0, 0.05) is 11.8 Å². The van der Waals surface area contributed by atoms with Crippen molar-refractivity contribution in [2.75, 3.05) is 0 Å². The van der Waals surface area contributed by atoms with Crippen molar-refractivity contribution in [3.05, 3.63) is 58.0 Å². The smallest absolute Gasteiger partial charge is 0.302 e. The van der Waals surface area contributed by atoms with Gasteiger partial charge in [0.15, 0.2) is 12.3 Å². The van der Waals surface area contributed by atoms with E-state index in [1.54, 1.807) is 17.7 Å². The molecule has 1 saturated heterocycles. The van der Waals surface area contributed by atoms with E-state index in [1.165, 1.54) is 0 Å². The second-order valence-electron chi connectivity index (χ2n) is 8.00. The first-order valence-corrected chi connectivity index (χ1v) is 9.80. The number of rotatable bonds is 5. The van der Waals surface area contributed by atoms with Crippen LogP contribution in [-0.2, 0) is 16.1 Å². The van der Waals surface area contributed by atoms with Crippen molar-refractivity contribution in [1.82, 2.24) is 9.55 Å². The van der Waals surface area contributed by atoms with Gasteiger partial charge in [0.2, 0.25) is 0 Å². The van der Waals surface area contributed by atoms with Crippen molar-refractivity contribution >= 4 is 0 Å². The summed E-state index contributed by atoms with van der Waals surface area (Å²) in [4.78, 5) is 16.0. The van der Waals surface area contributed by atoms with Gasteiger partial charge >= 0.3 is 6.01 Å². The fourth-order valence-electron chi connectivity index (χ4n) is 4.56. The van der Waals surface area contributed by atoms with Crippen LogP contribution in [0, 0.1) is 6.92 Å². The summed E-state index contributed by atoms with van der Waals surface area (Å²) in [7, 11) is 0. The van der Waals surface area contributed by atoms with E-state index in [2.05, 4.69) is 4.98 Å². The molecule has 4 atom stereocenters. The zero-order valence-corrected chi connectivity index (χ0v) is 16.0. The molecule has 0 radical (unpaired) electrons. The zero-order chi connectivity index (χ0) is 19.5. The van der Waals surface area contributed by atoms with E-state index in [-0.39, 0.29) is 11.6 Å². The molecule has 7 nitrogen and oxygen atoms in total. The lowest BCUT2D eigenvalue weighted by Gasteiger charge is -2.39. The molecule has 2 aromatic rings. The summed E-state index contributed by atoms with van der Waals surface area (Å²) in [5.74, 6) is 0. The third-order valence-corrected chi connectivity index (χ3v) is 6.28. The molecule has 3 aliphatic rings. The molecule has 1 aromatic heterocycles. The molecule has 1 N–H and O–H groups in total. The SMILES string of the molecule is CC[C@]1(C2(O)CC2)O[C@@H]2[C@@H](Oc3nc(=O)c(C)cn32)C1OCc1ccccc1. The molecule has 1 unspecified atom stereocenters. The fraction of sp³-hybridized carbons (Fsp3) is 0.524. The molecule has 28 heavy (non-hydrogen) atoms. The minimum Gasteiger partial charge on any atom is -0.453 e. The summed E-state index contributed by atoms with van der Waals surface area (Å²) >= 11 is 0. The van der Waals surface area contributed by atoms with Crippen molar-refractivity contribution in [2.45, 2.75) is 69.4 Å². The topological polar surface area (TPSA) is 82.8 Å². The summed E-state index contributed by atoms with van der Waals surface area (Å²) in [6.07, 6.45) is 2.24. The minimum atomic E-state index is -0.918. The second-order valence-corrected chi connectivity index (χ2v) is 8.00. The average molecular weight is 384 g/mol. The lowest BCUT2D eigenvalue weighted by Crippen LogP contribution is -2.55. The van der Waals surface area contributed by atoms with Crippen LogP contribution in [0.15, 0.2) is 41.3 Å². The second kappa shape index (κ2) is 6.14. The maximum absolute atomic E-state index is 11.9. The monoisotopic (exact) mass is 384 g/mol. The van der Waals surface area contributed by atoms with E-state index >= 15 is 0 Å². The minimum absolute atomic E-state index is 0.242. The van der Waals surface area contributed by atoms with Crippen LogP contribution in [0.4, 0.5) is 0 Å². The fourth-order valence-corrected chi connectivity index (χ4v) is 4.56. The summed E-state index contributed by atoms with van der Waals surface area (Å²) < 4.78 is 20.6. The average Bonchev–Trinajstić information content (AvgIpc) is 3.25. The van der Waals surface area contributed by atoms with Gasteiger partial charge in [-0.2, -0.15) is 4.98 Å². The molecule has 2 fully saturated rings. The van der Waals surface area contributed by atoms with Crippen molar-refractivity contribution in [1.29, 1.82) is 0 Å². The Morgan fingerprint density at radius 1 is 1.32 bits per heavy atom. The molecule has 1 aromatic carbocycles. The number of nitrogens with zero attached hydrogens (tertiary/aromatic N) is 2. The predicted molar refractivity (Wildman–Crippen MR) is 100.0 cm³/mol. The molecular weight excluding hydrogens is 360 g/mol. The molecule has 0 bridgehead atoms. The van der Waals surface area contributed by atoms with Crippen molar-refractivity contribution in [3.8, 4) is 6.01 Å². The molecular formula is C21H24N2O5. The third-order valence-electron chi connectivity index (χ3n) is 6.28. The van der Waals surface area contributed by atoms with Gasteiger partial charge in [-0.3, -0.25) is 9.36 Å². The predicted octanol–water partition coefficient (Wildman–Crippen LogP) is 2.10. The highest BCUT2D eigenvalue weighted by molar-refractivity contribution is 5.24. The van der Waals surface area contributed by atoms with E-state index in [1.807, 2.05) is 37.3 Å². The summed E-state index contributed by atoms with van der Waals surface area (Å²) in [5.41, 5.74) is -0.518. The highest BCUT2D eigenvalue weighted by atomic mass is 16.7. The first kappa shape index (κ1) is 17.8. The van der Waals surface area contributed by atoms with Gasteiger partial charge in [-0.05, 0) is 31.7 Å². The highest BCUT2D eigenvalue weighted by Gasteiger charge is 2.71. The van der Waals surface area contributed by atoms with Gasteiger partial charge in [0.25, 0.3) is 5.56 Å². The highest BCUT2D eigenvalue weighted by Crippen LogP contribution is 2.58. The standard InChI is InChI=1S/C21H24N2O5/c1-3-21(20(25)9-10-20)16(26-12-14-7-5-4-6-8-14)15-18(28-21)23-11-13(2)17(24)22-19(23)27-15/h4-8,11,15-16,18,25H,3,9-10,12H2,1-2H3/t15-,16?,18+,21-/m0/s1. The van der Waals surface area contributed by atoms with Gasteiger partial charge in [0.1, 0.15) is 11.7 Å². The number of aliphatic hydroxyl groups is 1. The summed E-state index contributed by atoms with van der Waals surface area (Å²) in [6.45, 7) is 4.11. The Hall–Kier alpha value is -2.22. The van der Waals surface area contributed by atoms with E-state index in [0.29, 0.717) is 31.4 Å². The van der Waals surface area contributed by atoms with Gasteiger partial charge < -0.3 is 19.3 Å². The van der Waals surface area contributed by atoms with Crippen molar-refractivity contribution in [2.24, 2.45) is 0 Å². The number of benzene rings is 1.